The van der Waals surface area contributed by atoms with E-state index in [1.807, 2.05) is 13.8 Å². The summed E-state index contributed by atoms with van der Waals surface area (Å²) in [5, 5.41) is 12.5. The topological polar surface area (TPSA) is 58.6 Å². The van der Waals surface area contributed by atoms with E-state index in [4.69, 9.17) is 4.74 Å². The van der Waals surface area contributed by atoms with Crippen molar-refractivity contribution in [3.63, 3.8) is 0 Å². The average Bonchev–Trinajstić information content (AvgIpc) is 2.55. The Labute approximate surface area is 104 Å². The van der Waals surface area contributed by atoms with Gasteiger partial charge < -0.3 is 15.0 Å². The third-order valence-corrected chi connectivity index (χ3v) is 3.85. The first-order chi connectivity index (χ1) is 7.93. The predicted octanol–water partition coefficient (Wildman–Crippen LogP) is 1.44. The minimum absolute atomic E-state index is 0.0956. The van der Waals surface area contributed by atoms with E-state index < -0.39 is 12.5 Å². The van der Waals surface area contributed by atoms with Crippen molar-refractivity contribution in [2.45, 2.75) is 52.9 Å². The molecule has 0 aliphatic heterocycles. The molecule has 0 saturated heterocycles. The van der Waals surface area contributed by atoms with Gasteiger partial charge in [0.15, 0.2) is 0 Å². The highest BCUT2D eigenvalue weighted by atomic mass is 16.5. The molecule has 0 amide bonds. The van der Waals surface area contributed by atoms with E-state index in [0.717, 1.165) is 19.3 Å². The lowest BCUT2D eigenvalue weighted by molar-refractivity contribution is -0.156. The normalized spacial score (nSPS) is 32.5. The van der Waals surface area contributed by atoms with E-state index in [2.05, 4.69) is 12.2 Å². The number of carbonyl (C=O) groups is 1. The van der Waals surface area contributed by atoms with Crippen LogP contribution in [-0.4, -0.2) is 30.7 Å². The number of ether oxygens (including phenoxy) is 1. The molecule has 3 atom stereocenters. The Morgan fingerprint density at radius 2 is 2.24 bits per heavy atom. The van der Waals surface area contributed by atoms with Gasteiger partial charge in [-0.15, -0.1) is 0 Å². The molecule has 0 aromatic rings. The molecule has 1 aliphatic carbocycles. The second-order valence-electron chi connectivity index (χ2n) is 5.22. The largest absolute Gasteiger partial charge is 0.466 e. The zero-order valence-corrected chi connectivity index (χ0v) is 11.3. The van der Waals surface area contributed by atoms with Crippen molar-refractivity contribution in [1.82, 2.24) is 5.23 Å². The Morgan fingerprint density at radius 1 is 1.59 bits per heavy atom. The number of hydrogen-bond donors (Lipinski definition) is 2. The summed E-state index contributed by atoms with van der Waals surface area (Å²) in [6, 6.07) is 0.203. The fourth-order valence-electron chi connectivity index (χ4n) is 3.00. The fourth-order valence-corrected chi connectivity index (χ4v) is 3.00. The molecule has 98 valence electrons. The molecule has 1 aliphatic rings. The van der Waals surface area contributed by atoms with Crippen LogP contribution in [0.1, 0.15) is 40.0 Å². The molecule has 0 spiro atoms. The lowest BCUT2D eigenvalue weighted by Crippen LogP contribution is -2.40. The summed E-state index contributed by atoms with van der Waals surface area (Å²) in [7, 11) is -0.526. The lowest BCUT2D eigenvalue weighted by Gasteiger charge is -2.28. The molecule has 1 saturated carbocycles. The standard InChI is InChI=1S/C12H24BNO3/c1-5-9-7-10(14-13(4)16)8-12(9,3)11(15)17-6-2/h9-10,14,16H,5-8H2,1-4H3/t9-,10?,12+/m1/s1. The highest BCUT2D eigenvalue weighted by Gasteiger charge is 2.49. The molecule has 0 aromatic heterocycles. The number of rotatable bonds is 5. The molecule has 1 unspecified atom stereocenters. The van der Waals surface area contributed by atoms with Gasteiger partial charge in [-0.3, -0.25) is 4.79 Å². The third kappa shape index (κ3) is 3.22. The van der Waals surface area contributed by atoms with Gasteiger partial charge in [0.1, 0.15) is 0 Å². The highest BCUT2D eigenvalue weighted by molar-refractivity contribution is 6.45. The average molecular weight is 241 g/mol. The molecule has 0 bridgehead atoms. The molecule has 17 heavy (non-hydrogen) atoms. The van der Waals surface area contributed by atoms with Crippen molar-refractivity contribution in [3.8, 4) is 0 Å². The first-order valence-electron chi connectivity index (χ1n) is 6.55. The summed E-state index contributed by atoms with van der Waals surface area (Å²) < 4.78 is 5.18. The van der Waals surface area contributed by atoms with Crippen LogP contribution in [0.4, 0.5) is 0 Å². The minimum atomic E-state index is -0.526. The first kappa shape index (κ1) is 14.5. The van der Waals surface area contributed by atoms with E-state index >= 15 is 0 Å². The number of esters is 1. The van der Waals surface area contributed by atoms with Gasteiger partial charge in [-0.05, 0) is 45.5 Å². The van der Waals surface area contributed by atoms with Crippen LogP contribution in [0.15, 0.2) is 0 Å². The molecular formula is C12H24BNO3. The van der Waals surface area contributed by atoms with Crippen LogP contribution in [0.5, 0.6) is 0 Å². The second-order valence-corrected chi connectivity index (χ2v) is 5.22. The predicted molar refractivity (Wildman–Crippen MR) is 68.5 cm³/mol. The van der Waals surface area contributed by atoms with E-state index in [9.17, 15) is 9.82 Å². The monoisotopic (exact) mass is 241 g/mol. The maximum atomic E-state index is 12.1. The quantitative estimate of drug-likeness (QED) is 0.565. The first-order valence-corrected chi connectivity index (χ1v) is 6.55. The van der Waals surface area contributed by atoms with Crippen molar-refractivity contribution in [2.24, 2.45) is 11.3 Å². The fraction of sp³-hybridized carbons (Fsp3) is 0.917. The maximum Gasteiger partial charge on any atom is 0.373 e. The summed E-state index contributed by atoms with van der Waals surface area (Å²) in [6.45, 7) is 8.07. The van der Waals surface area contributed by atoms with Crippen LogP contribution in [0.25, 0.3) is 0 Å². The van der Waals surface area contributed by atoms with Crippen LogP contribution in [0.3, 0.4) is 0 Å². The second kappa shape index (κ2) is 5.87. The Morgan fingerprint density at radius 3 is 2.71 bits per heavy atom. The molecule has 4 nitrogen and oxygen atoms in total. The molecule has 5 heteroatoms. The summed E-state index contributed by atoms with van der Waals surface area (Å²) in [4.78, 5) is 12.1. The van der Waals surface area contributed by atoms with E-state index in [1.54, 1.807) is 6.82 Å². The summed E-state index contributed by atoms with van der Waals surface area (Å²) in [5.74, 6) is 0.236. The zero-order valence-electron chi connectivity index (χ0n) is 11.3. The van der Waals surface area contributed by atoms with Gasteiger partial charge in [-0.1, -0.05) is 13.3 Å². The SMILES string of the molecule is CCOC(=O)[C@@]1(C)CC(NB(C)O)C[C@H]1CC. The van der Waals surface area contributed by atoms with Crippen LogP contribution >= 0.6 is 0 Å². The number of carbonyl (C=O) groups excluding carboxylic acids is 1. The summed E-state index contributed by atoms with van der Waals surface area (Å²) in [6.07, 6.45) is 2.64. The van der Waals surface area contributed by atoms with E-state index in [1.165, 1.54) is 0 Å². The van der Waals surface area contributed by atoms with Gasteiger partial charge in [-0.2, -0.15) is 0 Å². The molecule has 0 aromatic carbocycles. The van der Waals surface area contributed by atoms with Gasteiger partial charge in [0.25, 0.3) is 0 Å². The van der Waals surface area contributed by atoms with Crippen molar-refractivity contribution in [3.05, 3.63) is 0 Å². The molecule has 0 heterocycles. The van der Waals surface area contributed by atoms with Gasteiger partial charge in [0.05, 0.1) is 12.0 Å². The van der Waals surface area contributed by atoms with E-state index in [0.29, 0.717) is 12.5 Å². The van der Waals surface area contributed by atoms with Crippen molar-refractivity contribution < 1.29 is 14.6 Å². The Hall–Kier alpha value is -0.545. The molecular weight excluding hydrogens is 217 g/mol. The van der Waals surface area contributed by atoms with Crippen LogP contribution in [0, 0.1) is 11.3 Å². The molecule has 2 N–H and O–H groups in total. The Balaban J connectivity index is 2.73. The zero-order chi connectivity index (χ0) is 13.1. The third-order valence-electron chi connectivity index (χ3n) is 3.85. The van der Waals surface area contributed by atoms with Crippen molar-refractivity contribution in [1.29, 1.82) is 0 Å². The number of nitrogens with one attached hydrogen (secondary N) is 1. The Kier molecular flexibility index (Phi) is 5.01. The summed E-state index contributed by atoms with van der Waals surface area (Å²) >= 11 is 0. The maximum absolute atomic E-state index is 12.1. The van der Waals surface area contributed by atoms with E-state index in [-0.39, 0.29) is 12.0 Å². The van der Waals surface area contributed by atoms with Gasteiger partial charge in [0.2, 0.25) is 0 Å². The van der Waals surface area contributed by atoms with Crippen LogP contribution in [-0.2, 0) is 9.53 Å². The van der Waals surface area contributed by atoms with Gasteiger partial charge in [0, 0.05) is 0 Å². The molecule has 1 fully saturated rings. The van der Waals surface area contributed by atoms with Crippen molar-refractivity contribution in [2.75, 3.05) is 6.61 Å². The molecule has 0 radical (unpaired) electrons. The number of hydrogen-bond acceptors (Lipinski definition) is 4. The van der Waals surface area contributed by atoms with Crippen LogP contribution in [0.2, 0.25) is 6.82 Å². The van der Waals surface area contributed by atoms with Crippen molar-refractivity contribution >= 4 is 13.0 Å². The smallest absolute Gasteiger partial charge is 0.373 e. The minimum Gasteiger partial charge on any atom is -0.466 e. The summed E-state index contributed by atoms with van der Waals surface area (Å²) in [5.41, 5.74) is -0.405. The highest BCUT2D eigenvalue weighted by Crippen LogP contribution is 2.45. The lowest BCUT2D eigenvalue weighted by atomic mass is 9.78. The van der Waals surface area contributed by atoms with Gasteiger partial charge in [-0.25, -0.2) is 0 Å². The molecule has 1 rings (SSSR count). The Bertz CT molecular complexity index is 272. The van der Waals surface area contributed by atoms with Gasteiger partial charge >= 0.3 is 13.0 Å². The van der Waals surface area contributed by atoms with Crippen LogP contribution < -0.4 is 5.23 Å².